The maximum Gasteiger partial charge on any atom is 0.306 e. The van der Waals surface area contributed by atoms with E-state index in [1.807, 2.05) is 0 Å². The van der Waals surface area contributed by atoms with Crippen molar-refractivity contribution in [3.05, 3.63) is 72.9 Å². The Morgan fingerprint density at radius 2 is 0.574 bits per heavy atom. The Bertz CT molecular complexity index is 1270. The third kappa shape index (κ3) is 53.8. The Kier molecular flexibility index (Phi) is 53.8. The highest BCUT2D eigenvalue weighted by Crippen LogP contribution is 2.16. The second kappa shape index (κ2) is 56.4. The number of hydrogen-bond donors (Lipinski definition) is 0. The second-order valence-corrected chi connectivity index (χ2v) is 19.2. The Morgan fingerprint density at radius 3 is 0.897 bits per heavy atom. The number of hydrogen-bond acceptors (Lipinski definition) is 6. The van der Waals surface area contributed by atoms with Crippen LogP contribution in [0.2, 0.25) is 0 Å². The summed E-state index contributed by atoms with van der Waals surface area (Å²) in [5.74, 6) is -0.894. The van der Waals surface area contributed by atoms with Gasteiger partial charge in [0.05, 0.1) is 0 Å². The van der Waals surface area contributed by atoms with Gasteiger partial charge in [-0.3, -0.25) is 14.4 Å². The average Bonchev–Trinajstić information content (AvgIpc) is 3.34. The van der Waals surface area contributed by atoms with Gasteiger partial charge < -0.3 is 14.2 Å². The van der Waals surface area contributed by atoms with E-state index in [1.165, 1.54) is 135 Å². The van der Waals surface area contributed by atoms with Gasteiger partial charge in [0.15, 0.2) is 6.10 Å². The van der Waals surface area contributed by atoms with Gasteiger partial charge in [0.1, 0.15) is 13.2 Å². The molecule has 0 radical (unpaired) electrons. The second-order valence-electron chi connectivity index (χ2n) is 19.2. The first-order valence-corrected chi connectivity index (χ1v) is 28.9. The van der Waals surface area contributed by atoms with Gasteiger partial charge in [0.2, 0.25) is 0 Å². The van der Waals surface area contributed by atoms with Crippen LogP contribution in [0, 0.1) is 0 Å². The molecule has 0 amide bonds. The zero-order chi connectivity index (χ0) is 49.3. The summed E-state index contributed by atoms with van der Waals surface area (Å²) in [5, 5.41) is 0. The van der Waals surface area contributed by atoms with Gasteiger partial charge in [-0.25, -0.2) is 0 Å². The van der Waals surface area contributed by atoms with Crippen LogP contribution in [0.3, 0.4) is 0 Å². The molecule has 6 nitrogen and oxygen atoms in total. The lowest BCUT2D eigenvalue weighted by atomic mass is 10.0. The molecule has 1 unspecified atom stereocenters. The Morgan fingerprint density at radius 1 is 0.309 bits per heavy atom. The zero-order valence-electron chi connectivity index (χ0n) is 44.9. The van der Waals surface area contributed by atoms with E-state index >= 15 is 0 Å². The highest BCUT2D eigenvalue weighted by atomic mass is 16.6. The van der Waals surface area contributed by atoms with Crippen LogP contribution in [-0.2, 0) is 28.6 Å². The number of ether oxygens (including phenoxy) is 3. The van der Waals surface area contributed by atoms with Crippen molar-refractivity contribution >= 4 is 17.9 Å². The number of carbonyl (C=O) groups is 3. The van der Waals surface area contributed by atoms with Crippen molar-refractivity contribution in [2.24, 2.45) is 0 Å². The molecule has 0 rings (SSSR count). The van der Waals surface area contributed by atoms with Gasteiger partial charge in [-0.15, -0.1) is 0 Å². The molecule has 0 fully saturated rings. The van der Waals surface area contributed by atoms with Crippen molar-refractivity contribution in [3.8, 4) is 0 Å². The first-order valence-electron chi connectivity index (χ1n) is 28.9. The van der Waals surface area contributed by atoms with E-state index in [0.717, 1.165) is 109 Å². The quantitative estimate of drug-likeness (QED) is 0.0262. The molecule has 6 heteroatoms. The van der Waals surface area contributed by atoms with Crippen LogP contribution in [0.5, 0.6) is 0 Å². The van der Waals surface area contributed by atoms with Gasteiger partial charge in [-0.1, -0.05) is 267 Å². The fourth-order valence-electron chi connectivity index (χ4n) is 8.15. The molecule has 0 aliphatic rings. The molecule has 0 spiro atoms. The number of rotatable bonds is 52. The third-order valence-corrected chi connectivity index (χ3v) is 12.5. The van der Waals surface area contributed by atoms with Crippen molar-refractivity contribution in [2.45, 2.75) is 290 Å². The molecule has 0 aromatic heterocycles. The van der Waals surface area contributed by atoms with E-state index in [0.29, 0.717) is 19.3 Å². The Balaban J connectivity index is 4.37. The van der Waals surface area contributed by atoms with Crippen LogP contribution >= 0.6 is 0 Å². The highest BCUT2D eigenvalue weighted by molar-refractivity contribution is 5.71. The molecule has 0 aromatic rings. The van der Waals surface area contributed by atoms with Gasteiger partial charge in [-0.05, 0) is 70.6 Å². The fraction of sp³-hybridized carbons (Fsp3) is 0.758. The molecule has 1 atom stereocenters. The molecule has 68 heavy (non-hydrogen) atoms. The van der Waals surface area contributed by atoms with Crippen LogP contribution in [0.4, 0.5) is 0 Å². The molecule has 392 valence electrons. The van der Waals surface area contributed by atoms with Gasteiger partial charge in [0.25, 0.3) is 0 Å². The molecule has 0 heterocycles. The zero-order valence-corrected chi connectivity index (χ0v) is 44.9. The van der Waals surface area contributed by atoms with E-state index in [2.05, 4.69) is 93.7 Å². The van der Waals surface area contributed by atoms with Crippen molar-refractivity contribution in [2.75, 3.05) is 13.2 Å². The fourth-order valence-corrected chi connectivity index (χ4v) is 8.15. The highest BCUT2D eigenvalue weighted by Gasteiger charge is 2.19. The van der Waals surface area contributed by atoms with E-state index in [1.54, 1.807) is 0 Å². The van der Waals surface area contributed by atoms with Gasteiger partial charge >= 0.3 is 17.9 Å². The molecule has 0 aliphatic carbocycles. The number of carbonyl (C=O) groups excluding carboxylic acids is 3. The minimum Gasteiger partial charge on any atom is -0.462 e. The van der Waals surface area contributed by atoms with Crippen LogP contribution in [0.1, 0.15) is 284 Å². The lowest BCUT2D eigenvalue weighted by Gasteiger charge is -2.18. The first-order chi connectivity index (χ1) is 33.5. The van der Waals surface area contributed by atoms with Crippen molar-refractivity contribution in [1.29, 1.82) is 0 Å². The molecular weight excluding hydrogens is 841 g/mol. The normalized spacial score (nSPS) is 12.6. The van der Waals surface area contributed by atoms with Gasteiger partial charge in [0, 0.05) is 19.3 Å². The van der Waals surface area contributed by atoms with Crippen LogP contribution in [0.25, 0.3) is 0 Å². The van der Waals surface area contributed by atoms with Crippen LogP contribution < -0.4 is 0 Å². The average molecular weight is 950 g/mol. The Hall–Kier alpha value is -3.15. The van der Waals surface area contributed by atoms with Crippen LogP contribution in [-0.4, -0.2) is 37.2 Å². The number of esters is 3. The summed E-state index contributed by atoms with van der Waals surface area (Å²) in [4.78, 5) is 38.1. The molecule has 0 bridgehead atoms. The standard InChI is InChI=1S/C62H108O6/c1-4-7-10-13-16-19-22-25-27-28-29-30-31-32-33-34-35-38-40-43-46-49-52-55-61(64)67-58-59(57-66-60(63)54-51-48-45-42-39-36-24-21-18-15-12-9-6-3)68-62(65)56-53-50-47-44-41-37-26-23-20-17-14-11-8-5-2/h7,10,16,19,25,27,29-30,32-33,35,38,59H,4-6,8-9,11-15,17-18,20-24,26,28,31,34,36-37,39-58H2,1-3H3/b10-7-,19-16-,27-25-,30-29-,33-32-,38-35-. The van der Waals surface area contributed by atoms with Gasteiger partial charge in [-0.2, -0.15) is 0 Å². The summed E-state index contributed by atoms with van der Waals surface area (Å²) in [6.45, 7) is 6.53. The lowest BCUT2D eigenvalue weighted by molar-refractivity contribution is -0.167. The smallest absolute Gasteiger partial charge is 0.306 e. The summed E-state index contributed by atoms with van der Waals surface area (Å²) in [5.41, 5.74) is 0. The molecular formula is C62H108O6. The van der Waals surface area contributed by atoms with Crippen molar-refractivity contribution in [3.63, 3.8) is 0 Å². The van der Waals surface area contributed by atoms with E-state index < -0.39 is 6.10 Å². The predicted molar refractivity (Wildman–Crippen MR) is 293 cm³/mol. The maximum absolute atomic E-state index is 12.8. The van der Waals surface area contributed by atoms with E-state index in [-0.39, 0.29) is 31.1 Å². The Labute approximate surface area is 421 Å². The van der Waals surface area contributed by atoms with Crippen LogP contribution in [0.15, 0.2) is 72.9 Å². The van der Waals surface area contributed by atoms with Crippen molar-refractivity contribution < 1.29 is 28.6 Å². The molecule has 0 saturated heterocycles. The molecule has 0 aliphatic heterocycles. The summed E-state index contributed by atoms with van der Waals surface area (Å²) >= 11 is 0. The molecule has 0 aromatic carbocycles. The summed E-state index contributed by atoms with van der Waals surface area (Å²) in [7, 11) is 0. The van der Waals surface area contributed by atoms with E-state index in [9.17, 15) is 14.4 Å². The monoisotopic (exact) mass is 949 g/mol. The number of allylic oxidation sites excluding steroid dienone is 12. The largest absolute Gasteiger partial charge is 0.462 e. The predicted octanol–water partition coefficient (Wildman–Crippen LogP) is 19.4. The third-order valence-electron chi connectivity index (χ3n) is 12.5. The molecule has 0 N–H and O–H groups in total. The minimum atomic E-state index is -0.782. The lowest BCUT2D eigenvalue weighted by Crippen LogP contribution is -2.30. The number of unbranched alkanes of at least 4 members (excludes halogenated alkanes) is 29. The maximum atomic E-state index is 12.8. The first kappa shape index (κ1) is 64.8. The topological polar surface area (TPSA) is 78.9 Å². The SMILES string of the molecule is CC/C=C\C/C=C\C/C=C\C/C=C\C/C=C\C/C=C\CCCCCCC(=O)OCC(COC(=O)CCCCCCCCCCCCCCC)OC(=O)CCCCCCCCCCCCCCCC. The van der Waals surface area contributed by atoms with E-state index in [4.69, 9.17) is 14.2 Å². The van der Waals surface area contributed by atoms with Crippen molar-refractivity contribution in [1.82, 2.24) is 0 Å². The summed E-state index contributed by atoms with van der Waals surface area (Å²) in [6.07, 6.45) is 71.7. The molecule has 0 saturated carbocycles. The minimum absolute atomic E-state index is 0.0797. The summed E-state index contributed by atoms with van der Waals surface area (Å²) in [6, 6.07) is 0. The summed E-state index contributed by atoms with van der Waals surface area (Å²) < 4.78 is 16.8.